The molecule has 0 aromatic heterocycles. The van der Waals surface area contributed by atoms with Crippen LogP contribution in [0.1, 0.15) is 77.6 Å². The van der Waals surface area contributed by atoms with Gasteiger partial charge < -0.3 is 0 Å². The first-order valence-corrected chi connectivity index (χ1v) is 8.74. The Morgan fingerprint density at radius 3 is 1.87 bits per heavy atom. The third-order valence-corrected chi connectivity index (χ3v) is 5.31. The minimum absolute atomic E-state index is 0.0857. The molecule has 0 unspecified atom stereocenters. The fourth-order valence-electron chi connectivity index (χ4n) is 4.20. The summed E-state index contributed by atoms with van der Waals surface area (Å²) < 4.78 is 0. The zero-order chi connectivity index (χ0) is 17.2. The van der Waals surface area contributed by atoms with Gasteiger partial charge in [-0.15, -0.1) is 0 Å². The van der Waals surface area contributed by atoms with Gasteiger partial charge >= 0.3 is 0 Å². The highest BCUT2D eigenvalue weighted by Crippen LogP contribution is 2.53. The highest BCUT2D eigenvalue weighted by molar-refractivity contribution is 5.85. The number of rotatable bonds is 0. The lowest BCUT2D eigenvalue weighted by atomic mass is 9.71. The molecule has 0 heterocycles. The number of hydrogen-bond donors (Lipinski definition) is 0. The van der Waals surface area contributed by atoms with Gasteiger partial charge in [0.2, 0.25) is 0 Å². The van der Waals surface area contributed by atoms with Crippen molar-refractivity contribution in [1.29, 1.82) is 0 Å². The van der Waals surface area contributed by atoms with Gasteiger partial charge in [0.1, 0.15) is 0 Å². The molecular weight excluding hydrogens is 276 g/mol. The largest absolute Gasteiger partial charge is 0.0619 e. The summed E-state index contributed by atoms with van der Waals surface area (Å²) in [6.45, 7) is 18.8. The summed E-state index contributed by atoms with van der Waals surface area (Å²) in [5.41, 5.74) is 9.25. The van der Waals surface area contributed by atoms with Gasteiger partial charge in [-0.2, -0.15) is 0 Å². The molecule has 2 aromatic rings. The fraction of sp³-hybridized carbons (Fsp3) is 0.478. The van der Waals surface area contributed by atoms with Crippen LogP contribution in [0.15, 0.2) is 36.4 Å². The quantitative estimate of drug-likeness (QED) is 0.515. The molecule has 0 heteroatoms. The third-order valence-electron chi connectivity index (χ3n) is 5.31. The number of benzene rings is 2. The van der Waals surface area contributed by atoms with E-state index in [0.29, 0.717) is 0 Å². The predicted molar refractivity (Wildman–Crippen MR) is 101 cm³/mol. The van der Waals surface area contributed by atoms with E-state index in [2.05, 4.69) is 91.8 Å². The normalized spacial score (nSPS) is 16.2. The molecule has 0 nitrogen and oxygen atoms in total. The van der Waals surface area contributed by atoms with Crippen molar-refractivity contribution in [2.24, 2.45) is 0 Å². The predicted octanol–water partition coefficient (Wildman–Crippen LogP) is 6.59. The second-order valence-corrected chi connectivity index (χ2v) is 9.58. The molecule has 0 atom stereocenters. The lowest BCUT2D eigenvalue weighted by Crippen LogP contribution is -2.24. The molecule has 0 amide bonds. The Balaban J connectivity index is 2.48. The van der Waals surface area contributed by atoms with Crippen molar-refractivity contribution >= 4 is 0 Å². The number of hydrogen-bond acceptors (Lipinski definition) is 0. The molecule has 0 fully saturated rings. The molecule has 1 aliphatic carbocycles. The van der Waals surface area contributed by atoms with Crippen molar-refractivity contribution in [3.05, 3.63) is 58.7 Å². The van der Waals surface area contributed by atoms with Crippen LogP contribution in [0.2, 0.25) is 0 Å². The van der Waals surface area contributed by atoms with Crippen LogP contribution < -0.4 is 0 Å². The first kappa shape index (κ1) is 16.3. The third kappa shape index (κ3) is 2.35. The highest BCUT2D eigenvalue weighted by atomic mass is 14.4. The van der Waals surface area contributed by atoms with E-state index >= 15 is 0 Å². The standard InChI is InChI=1S/C23H30/c1-21(2,3)18-14-13-17-19(20(18)22(4,5)6)15-11-9-10-12-16(15)23(17,7)8/h9-14H,1-8H3. The summed E-state index contributed by atoms with van der Waals surface area (Å²) in [4.78, 5) is 0. The molecule has 0 bridgehead atoms. The van der Waals surface area contributed by atoms with Gasteiger partial charge in [0, 0.05) is 5.41 Å². The van der Waals surface area contributed by atoms with Crippen LogP contribution in [0.25, 0.3) is 11.1 Å². The van der Waals surface area contributed by atoms with Gasteiger partial charge in [0.25, 0.3) is 0 Å². The molecule has 122 valence electrons. The average molecular weight is 306 g/mol. The molecule has 0 N–H and O–H groups in total. The summed E-state index contributed by atoms with van der Waals surface area (Å²) in [6, 6.07) is 13.7. The summed E-state index contributed by atoms with van der Waals surface area (Å²) in [5.74, 6) is 0. The molecular formula is C23H30. The van der Waals surface area contributed by atoms with Crippen LogP contribution in [0.5, 0.6) is 0 Å². The first-order chi connectivity index (χ1) is 10.5. The van der Waals surface area contributed by atoms with Crippen LogP contribution in [0.4, 0.5) is 0 Å². The van der Waals surface area contributed by atoms with E-state index in [9.17, 15) is 0 Å². The van der Waals surface area contributed by atoms with E-state index in [1.807, 2.05) is 0 Å². The maximum atomic E-state index is 2.38. The van der Waals surface area contributed by atoms with Crippen molar-refractivity contribution in [1.82, 2.24) is 0 Å². The van der Waals surface area contributed by atoms with Crippen molar-refractivity contribution in [2.75, 3.05) is 0 Å². The van der Waals surface area contributed by atoms with Crippen molar-refractivity contribution < 1.29 is 0 Å². The van der Waals surface area contributed by atoms with Crippen LogP contribution in [-0.2, 0) is 16.2 Å². The highest BCUT2D eigenvalue weighted by Gasteiger charge is 2.40. The van der Waals surface area contributed by atoms with Crippen LogP contribution >= 0.6 is 0 Å². The Morgan fingerprint density at radius 2 is 1.30 bits per heavy atom. The van der Waals surface area contributed by atoms with Gasteiger partial charge in [-0.05, 0) is 44.2 Å². The van der Waals surface area contributed by atoms with E-state index in [4.69, 9.17) is 0 Å². The summed E-state index contributed by atoms with van der Waals surface area (Å²) in [6.07, 6.45) is 0. The van der Waals surface area contributed by atoms with E-state index in [-0.39, 0.29) is 16.2 Å². The molecule has 23 heavy (non-hydrogen) atoms. The topological polar surface area (TPSA) is 0 Å². The molecule has 2 aromatic carbocycles. The van der Waals surface area contributed by atoms with Crippen molar-refractivity contribution in [2.45, 2.75) is 71.6 Å². The average Bonchev–Trinajstić information content (AvgIpc) is 2.65. The lowest BCUT2D eigenvalue weighted by Gasteiger charge is -2.33. The zero-order valence-corrected chi connectivity index (χ0v) is 16.0. The van der Waals surface area contributed by atoms with Gasteiger partial charge in [-0.3, -0.25) is 0 Å². The van der Waals surface area contributed by atoms with Gasteiger partial charge in [0.15, 0.2) is 0 Å². The zero-order valence-electron chi connectivity index (χ0n) is 16.0. The molecule has 0 aliphatic heterocycles. The van der Waals surface area contributed by atoms with E-state index in [1.165, 1.54) is 33.4 Å². The van der Waals surface area contributed by atoms with Crippen LogP contribution in [0, 0.1) is 0 Å². The van der Waals surface area contributed by atoms with E-state index in [0.717, 1.165) is 0 Å². The van der Waals surface area contributed by atoms with Crippen LogP contribution in [0.3, 0.4) is 0 Å². The Kier molecular flexibility index (Phi) is 3.35. The second-order valence-electron chi connectivity index (χ2n) is 9.58. The van der Waals surface area contributed by atoms with Crippen molar-refractivity contribution in [3.63, 3.8) is 0 Å². The van der Waals surface area contributed by atoms with Gasteiger partial charge in [-0.25, -0.2) is 0 Å². The molecule has 0 spiro atoms. The second kappa shape index (κ2) is 4.72. The van der Waals surface area contributed by atoms with Gasteiger partial charge in [0.05, 0.1) is 0 Å². The summed E-state index contributed by atoms with van der Waals surface area (Å²) in [7, 11) is 0. The molecule has 1 aliphatic rings. The SMILES string of the molecule is CC(C)(C)c1ccc2c(c1C(C)(C)C)-c1ccccc1C2(C)C. The summed E-state index contributed by atoms with van der Waals surface area (Å²) >= 11 is 0. The van der Waals surface area contributed by atoms with Crippen molar-refractivity contribution in [3.8, 4) is 11.1 Å². The molecule has 0 saturated heterocycles. The van der Waals surface area contributed by atoms with Gasteiger partial charge in [-0.1, -0.05) is 91.8 Å². The molecule has 0 saturated carbocycles. The minimum Gasteiger partial charge on any atom is -0.0619 e. The smallest absolute Gasteiger partial charge is 0.0158 e. The minimum atomic E-state index is 0.0857. The fourth-order valence-corrected chi connectivity index (χ4v) is 4.20. The van der Waals surface area contributed by atoms with E-state index in [1.54, 1.807) is 0 Å². The maximum Gasteiger partial charge on any atom is 0.0158 e. The van der Waals surface area contributed by atoms with E-state index < -0.39 is 0 Å². The first-order valence-electron chi connectivity index (χ1n) is 8.74. The lowest BCUT2D eigenvalue weighted by molar-refractivity contribution is 0.530. The number of fused-ring (bicyclic) bond motifs is 3. The molecule has 3 rings (SSSR count). The van der Waals surface area contributed by atoms with Crippen LogP contribution in [-0.4, -0.2) is 0 Å². The summed E-state index contributed by atoms with van der Waals surface area (Å²) in [5, 5.41) is 0. The Labute approximate surface area is 141 Å². The Bertz CT molecular complexity index is 762. The monoisotopic (exact) mass is 306 g/mol. The Hall–Kier alpha value is -1.56. The molecule has 0 radical (unpaired) electrons. The Morgan fingerprint density at radius 1 is 0.696 bits per heavy atom. The maximum absolute atomic E-state index is 2.38.